The van der Waals surface area contributed by atoms with Gasteiger partial charge in [-0.1, -0.05) is 24.3 Å². The first-order chi connectivity index (χ1) is 15.5. The van der Waals surface area contributed by atoms with E-state index in [2.05, 4.69) is 21.6 Å². The third-order valence-electron chi connectivity index (χ3n) is 5.86. The Kier molecular flexibility index (Phi) is 8.23. The van der Waals surface area contributed by atoms with Gasteiger partial charge in [0.1, 0.15) is 0 Å². The maximum atomic E-state index is 13.1. The van der Waals surface area contributed by atoms with Crippen LogP contribution in [0.1, 0.15) is 30.4 Å². The zero-order chi connectivity index (χ0) is 22.9. The topological polar surface area (TPSA) is 88.5 Å². The van der Waals surface area contributed by atoms with Crippen LogP contribution in [-0.4, -0.2) is 49.1 Å². The molecule has 1 heterocycles. The highest BCUT2D eigenvalue weighted by atomic mass is 16.2. The highest BCUT2D eigenvalue weighted by Gasteiger charge is 2.24. The second kappa shape index (κ2) is 11.3. The molecular formula is C25H31N5O2. The summed E-state index contributed by atoms with van der Waals surface area (Å²) in [6.07, 6.45) is 1.87. The zero-order valence-corrected chi connectivity index (χ0v) is 18.8. The molecule has 168 valence electrons. The third-order valence-corrected chi connectivity index (χ3v) is 5.86. The highest BCUT2D eigenvalue weighted by molar-refractivity contribution is 5.95. The Morgan fingerprint density at radius 1 is 1.09 bits per heavy atom. The fourth-order valence-corrected chi connectivity index (χ4v) is 3.84. The predicted octanol–water partition coefficient (Wildman–Crippen LogP) is 3.84. The van der Waals surface area contributed by atoms with Crippen molar-refractivity contribution in [3.05, 3.63) is 59.7 Å². The Balaban J connectivity index is 1.51. The number of hydrogen-bond donors (Lipinski definition) is 2. The van der Waals surface area contributed by atoms with Gasteiger partial charge in [0.2, 0.25) is 5.91 Å². The van der Waals surface area contributed by atoms with Gasteiger partial charge < -0.3 is 15.5 Å². The normalized spacial score (nSPS) is 14.4. The van der Waals surface area contributed by atoms with E-state index in [0.29, 0.717) is 19.5 Å². The first-order valence-electron chi connectivity index (χ1n) is 11.1. The van der Waals surface area contributed by atoms with Gasteiger partial charge in [0.15, 0.2) is 0 Å². The molecule has 7 heteroatoms. The molecule has 7 nitrogen and oxygen atoms in total. The highest BCUT2D eigenvalue weighted by Crippen LogP contribution is 2.20. The summed E-state index contributed by atoms with van der Waals surface area (Å²) in [5.41, 5.74) is 3.89. The molecule has 0 bridgehead atoms. The molecule has 1 aliphatic heterocycles. The maximum Gasteiger partial charge on any atom is 0.319 e. The van der Waals surface area contributed by atoms with Gasteiger partial charge >= 0.3 is 6.03 Å². The molecule has 2 aromatic rings. The van der Waals surface area contributed by atoms with E-state index in [1.165, 1.54) is 5.56 Å². The van der Waals surface area contributed by atoms with Crippen LogP contribution in [-0.2, 0) is 4.79 Å². The van der Waals surface area contributed by atoms with Crippen LogP contribution in [0.5, 0.6) is 0 Å². The minimum atomic E-state index is -0.205. The van der Waals surface area contributed by atoms with Crippen molar-refractivity contribution in [2.24, 2.45) is 0 Å². The molecule has 2 N–H and O–H groups in total. The molecule has 2 aromatic carbocycles. The molecule has 3 amide bonds. The third kappa shape index (κ3) is 6.56. The Morgan fingerprint density at radius 2 is 1.81 bits per heavy atom. The van der Waals surface area contributed by atoms with Crippen LogP contribution in [0.3, 0.4) is 0 Å². The van der Waals surface area contributed by atoms with E-state index in [0.717, 1.165) is 42.9 Å². The van der Waals surface area contributed by atoms with Crippen LogP contribution in [0, 0.1) is 25.2 Å². The molecule has 0 saturated carbocycles. The van der Waals surface area contributed by atoms with E-state index < -0.39 is 0 Å². The van der Waals surface area contributed by atoms with Crippen molar-refractivity contribution in [3.63, 3.8) is 0 Å². The van der Waals surface area contributed by atoms with Crippen molar-refractivity contribution < 1.29 is 9.59 Å². The quantitative estimate of drug-likeness (QED) is 0.694. The fourth-order valence-electron chi connectivity index (χ4n) is 3.84. The number of nitrogens with one attached hydrogen (secondary N) is 2. The largest absolute Gasteiger partial charge is 0.335 e. The van der Waals surface area contributed by atoms with Gasteiger partial charge in [-0.2, -0.15) is 5.26 Å². The predicted molar refractivity (Wildman–Crippen MR) is 127 cm³/mol. The zero-order valence-electron chi connectivity index (χ0n) is 18.8. The van der Waals surface area contributed by atoms with E-state index in [1.807, 2.05) is 62.4 Å². The standard InChI is InChI=1S/C25H31N5O2/c1-19-9-10-23(17-20(19)2)30(14-6-13-26)24(31)18-29-15-11-22(12-16-29)28-25(32)27-21-7-4-3-5-8-21/h3-5,7-10,17,22H,6,11-12,14-16,18H2,1-2H3,(H2,27,28,32). The lowest BCUT2D eigenvalue weighted by Crippen LogP contribution is -2.49. The summed E-state index contributed by atoms with van der Waals surface area (Å²) in [5, 5.41) is 14.9. The lowest BCUT2D eigenvalue weighted by molar-refractivity contribution is -0.120. The van der Waals surface area contributed by atoms with Gasteiger partial charge in [0.25, 0.3) is 0 Å². The summed E-state index contributed by atoms with van der Waals surface area (Å²) in [4.78, 5) is 29.1. The van der Waals surface area contributed by atoms with Crippen LogP contribution in [0.4, 0.5) is 16.2 Å². The van der Waals surface area contributed by atoms with Crippen molar-refractivity contribution in [2.75, 3.05) is 36.4 Å². The first-order valence-corrected chi connectivity index (χ1v) is 11.1. The summed E-state index contributed by atoms with van der Waals surface area (Å²) in [5.74, 6) is -0.00303. The fraction of sp³-hybridized carbons (Fsp3) is 0.400. The molecule has 1 saturated heterocycles. The van der Waals surface area contributed by atoms with Crippen LogP contribution < -0.4 is 15.5 Å². The summed E-state index contributed by atoms with van der Waals surface area (Å²) in [6, 6.07) is 17.3. The Hall–Kier alpha value is -3.37. The van der Waals surface area contributed by atoms with Crippen molar-refractivity contribution in [1.29, 1.82) is 5.26 Å². The number of rotatable bonds is 7. The van der Waals surface area contributed by atoms with Gasteiger partial charge in [-0.15, -0.1) is 0 Å². The summed E-state index contributed by atoms with van der Waals surface area (Å²) in [6.45, 7) is 6.23. The number of benzene rings is 2. The number of nitriles is 1. The Morgan fingerprint density at radius 3 is 2.47 bits per heavy atom. The number of nitrogens with zero attached hydrogens (tertiary/aromatic N) is 3. The lowest BCUT2D eigenvalue weighted by Gasteiger charge is -2.33. The SMILES string of the molecule is Cc1ccc(N(CCC#N)C(=O)CN2CCC(NC(=O)Nc3ccccc3)CC2)cc1C. The number of hydrogen-bond acceptors (Lipinski definition) is 4. The molecule has 0 radical (unpaired) electrons. The monoisotopic (exact) mass is 433 g/mol. The van der Waals surface area contributed by atoms with Gasteiger partial charge in [0, 0.05) is 37.1 Å². The number of piperidine rings is 1. The summed E-state index contributed by atoms with van der Waals surface area (Å²) in [7, 11) is 0. The van der Waals surface area contributed by atoms with Gasteiger partial charge in [-0.25, -0.2) is 4.79 Å². The number of amides is 3. The number of urea groups is 1. The van der Waals surface area contributed by atoms with E-state index in [9.17, 15) is 9.59 Å². The number of likely N-dealkylation sites (tertiary alicyclic amines) is 1. The number of carbonyl (C=O) groups excluding carboxylic acids is 2. The van der Waals surface area contributed by atoms with Gasteiger partial charge in [0.05, 0.1) is 19.0 Å². The maximum absolute atomic E-state index is 13.1. The average molecular weight is 434 g/mol. The molecule has 1 fully saturated rings. The number of carbonyl (C=O) groups is 2. The molecule has 0 aromatic heterocycles. The van der Waals surface area contributed by atoms with Crippen molar-refractivity contribution >= 4 is 23.3 Å². The molecule has 0 aliphatic carbocycles. The molecule has 0 atom stereocenters. The Labute approximate surface area is 190 Å². The summed E-state index contributed by atoms with van der Waals surface area (Å²) < 4.78 is 0. The smallest absolute Gasteiger partial charge is 0.319 e. The van der Waals surface area contributed by atoms with Crippen molar-refractivity contribution in [3.8, 4) is 6.07 Å². The van der Waals surface area contributed by atoms with E-state index in [-0.39, 0.29) is 18.0 Å². The van der Waals surface area contributed by atoms with Crippen LogP contribution in [0.2, 0.25) is 0 Å². The van der Waals surface area contributed by atoms with E-state index in [1.54, 1.807) is 4.90 Å². The molecule has 32 heavy (non-hydrogen) atoms. The minimum absolute atomic E-state index is 0.00303. The number of para-hydroxylation sites is 1. The van der Waals surface area contributed by atoms with Gasteiger partial charge in [-0.05, 0) is 62.1 Å². The number of anilines is 2. The van der Waals surface area contributed by atoms with Crippen molar-refractivity contribution in [2.45, 2.75) is 39.2 Å². The molecule has 3 rings (SSSR count). The van der Waals surface area contributed by atoms with Gasteiger partial charge in [-0.3, -0.25) is 9.69 Å². The van der Waals surface area contributed by atoms with Crippen LogP contribution >= 0.6 is 0 Å². The van der Waals surface area contributed by atoms with E-state index in [4.69, 9.17) is 5.26 Å². The van der Waals surface area contributed by atoms with Crippen LogP contribution in [0.25, 0.3) is 0 Å². The minimum Gasteiger partial charge on any atom is -0.335 e. The van der Waals surface area contributed by atoms with E-state index >= 15 is 0 Å². The molecule has 1 aliphatic rings. The Bertz CT molecular complexity index is 962. The number of aryl methyl sites for hydroxylation is 2. The second-order valence-corrected chi connectivity index (χ2v) is 8.24. The molecule has 0 unspecified atom stereocenters. The molecule has 0 spiro atoms. The molecular weight excluding hydrogens is 402 g/mol. The van der Waals surface area contributed by atoms with Crippen molar-refractivity contribution in [1.82, 2.24) is 10.2 Å². The second-order valence-electron chi connectivity index (χ2n) is 8.24. The lowest BCUT2D eigenvalue weighted by atomic mass is 10.1. The summed E-state index contributed by atoms with van der Waals surface area (Å²) >= 11 is 0. The average Bonchev–Trinajstić information content (AvgIpc) is 2.78. The first kappa shape index (κ1) is 23.3. The van der Waals surface area contributed by atoms with Crippen LogP contribution in [0.15, 0.2) is 48.5 Å².